The summed E-state index contributed by atoms with van der Waals surface area (Å²) in [6, 6.07) is 4.47. The molecular weight excluding hydrogens is 478 g/mol. The van der Waals surface area contributed by atoms with Gasteiger partial charge in [-0.05, 0) is 29.8 Å². The molecule has 166 valence electrons. The number of carbonyl (C=O) groups is 3. The van der Waals surface area contributed by atoms with Crippen molar-refractivity contribution in [1.82, 2.24) is 20.4 Å². The predicted octanol–water partition coefficient (Wildman–Crippen LogP) is 0.953. The molecule has 3 heterocycles. The Morgan fingerprint density at radius 1 is 1.31 bits per heavy atom. The minimum Gasteiger partial charge on any atom is -0.508 e. The number of carboxylic acid groups (broad SMARTS) is 1. The number of nitrogens with one attached hydrogen (secondary N) is 1. The molecule has 1 fully saturated rings. The Morgan fingerprint density at radius 2 is 2.06 bits per heavy atom. The number of thioether (sulfide) groups is 2. The van der Waals surface area contributed by atoms with Crippen LogP contribution in [0.2, 0.25) is 0 Å². The monoisotopic (exact) mass is 493 g/mol. The number of aliphatic carboxylic acids is 1. The van der Waals surface area contributed by atoms with Gasteiger partial charge in [-0.1, -0.05) is 28.3 Å². The van der Waals surface area contributed by atoms with Gasteiger partial charge in [-0.3, -0.25) is 14.5 Å². The van der Waals surface area contributed by atoms with E-state index in [-0.39, 0.29) is 22.7 Å². The van der Waals surface area contributed by atoms with Crippen molar-refractivity contribution in [3.05, 3.63) is 46.6 Å². The van der Waals surface area contributed by atoms with Crippen LogP contribution < -0.4 is 5.32 Å². The molecular formula is C18H15N5O6S3. The van der Waals surface area contributed by atoms with Gasteiger partial charge in [0.1, 0.15) is 28.4 Å². The number of carbonyl (C=O) groups excluding carboxylic acids is 2. The standard InChI is InChI=1S/C18H15N5O6S3/c24-10-3-1-8(2-4-10)11(22-29)14(25)20-12-15(26)23-13(17(27)28)9(5-30-16(12)23)6-31-18-21-19-7-32-18/h1-4,7,12,16,24,29H,5-6H2,(H,20,25)(H,27,28)/t12?,16-/m0/s1. The van der Waals surface area contributed by atoms with Gasteiger partial charge in [-0.25, -0.2) is 4.79 Å². The van der Waals surface area contributed by atoms with Crippen LogP contribution in [0.25, 0.3) is 0 Å². The number of phenolic OH excluding ortho intramolecular Hbond substituents is 1. The highest BCUT2D eigenvalue weighted by atomic mass is 32.2. The number of aromatic hydroxyl groups is 1. The molecule has 2 aliphatic rings. The van der Waals surface area contributed by atoms with Crippen LogP contribution in [0.5, 0.6) is 5.75 Å². The molecule has 0 bridgehead atoms. The Balaban J connectivity index is 1.48. The summed E-state index contributed by atoms with van der Waals surface area (Å²) in [5.41, 5.74) is 1.98. The quantitative estimate of drug-likeness (QED) is 0.143. The van der Waals surface area contributed by atoms with Gasteiger partial charge < -0.3 is 20.7 Å². The maximum Gasteiger partial charge on any atom is 0.352 e. The van der Waals surface area contributed by atoms with Crippen LogP contribution in [-0.4, -0.2) is 76.9 Å². The number of aromatic nitrogens is 2. The molecule has 1 saturated heterocycles. The second-order valence-corrected chi connectivity index (χ2v) is 9.77. The molecule has 1 aromatic heterocycles. The number of oxime groups is 1. The van der Waals surface area contributed by atoms with E-state index in [4.69, 9.17) is 0 Å². The number of hydrogen-bond donors (Lipinski definition) is 4. The number of benzene rings is 1. The lowest BCUT2D eigenvalue weighted by molar-refractivity contribution is -0.150. The van der Waals surface area contributed by atoms with Crippen molar-refractivity contribution < 1.29 is 29.8 Å². The van der Waals surface area contributed by atoms with Crippen LogP contribution >= 0.6 is 34.9 Å². The fourth-order valence-electron chi connectivity index (χ4n) is 3.23. The van der Waals surface area contributed by atoms with Crippen LogP contribution in [0, 0.1) is 0 Å². The number of nitrogens with zero attached hydrogens (tertiary/aromatic N) is 4. The van der Waals surface area contributed by atoms with Gasteiger partial charge in [0.25, 0.3) is 11.8 Å². The maximum absolute atomic E-state index is 12.8. The first-order chi connectivity index (χ1) is 15.4. The van der Waals surface area contributed by atoms with E-state index < -0.39 is 29.2 Å². The summed E-state index contributed by atoms with van der Waals surface area (Å²) in [6.45, 7) is 0. The summed E-state index contributed by atoms with van der Waals surface area (Å²) in [5, 5.41) is 41.0. The minimum atomic E-state index is -1.22. The van der Waals surface area contributed by atoms with Gasteiger partial charge in [-0.15, -0.1) is 22.0 Å². The second-order valence-electron chi connectivity index (χ2n) is 6.61. The average molecular weight is 494 g/mol. The van der Waals surface area contributed by atoms with Crippen molar-refractivity contribution in [1.29, 1.82) is 0 Å². The smallest absolute Gasteiger partial charge is 0.352 e. The zero-order valence-electron chi connectivity index (χ0n) is 16.0. The first-order valence-electron chi connectivity index (χ1n) is 9.02. The van der Waals surface area contributed by atoms with Crippen molar-refractivity contribution >= 4 is 58.4 Å². The summed E-state index contributed by atoms with van der Waals surface area (Å²) in [5.74, 6) is -1.89. The molecule has 0 spiro atoms. The largest absolute Gasteiger partial charge is 0.508 e. The Labute approximate surface area is 193 Å². The molecule has 1 unspecified atom stereocenters. The van der Waals surface area contributed by atoms with E-state index in [0.29, 0.717) is 21.4 Å². The third-order valence-corrected chi connectivity index (χ3v) is 7.99. The topological polar surface area (TPSA) is 165 Å². The van der Waals surface area contributed by atoms with E-state index in [1.54, 1.807) is 5.51 Å². The molecule has 14 heteroatoms. The van der Waals surface area contributed by atoms with Crippen LogP contribution in [0.1, 0.15) is 5.56 Å². The van der Waals surface area contributed by atoms with Crippen molar-refractivity contribution in [2.45, 2.75) is 15.8 Å². The lowest BCUT2D eigenvalue weighted by Gasteiger charge is -2.49. The Bertz CT molecular complexity index is 1120. The van der Waals surface area contributed by atoms with E-state index in [2.05, 4.69) is 20.7 Å². The van der Waals surface area contributed by atoms with Crippen molar-refractivity contribution in [3.8, 4) is 5.75 Å². The molecule has 1 aromatic carbocycles. The van der Waals surface area contributed by atoms with Crippen LogP contribution in [0.15, 0.2) is 50.5 Å². The number of phenols is 1. The number of rotatable bonds is 7. The van der Waals surface area contributed by atoms with Crippen LogP contribution in [0.3, 0.4) is 0 Å². The van der Waals surface area contributed by atoms with Gasteiger partial charge in [0.2, 0.25) is 0 Å². The van der Waals surface area contributed by atoms with E-state index in [0.717, 1.165) is 0 Å². The third kappa shape index (κ3) is 4.16. The predicted molar refractivity (Wildman–Crippen MR) is 117 cm³/mol. The van der Waals surface area contributed by atoms with Gasteiger partial charge in [0, 0.05) is 17.1 Å². The summed E-state index contributed by atoms with van der Waals surface area (Å²) in [7, 11) is 0. The fourth-order valence-corrected chi connectivity index (χ4v) is 6.21. The molecule has 2 amide bonds. The second kappa shape index (κ2) is 9.18. The van der Waals surface area contributed by atoms with E-state index in [1.807, 2.05) is 0 Å². The Kier molecular flexibility index (Phi) is 6.34. The van der Waals surface area contributed by atoms with Crippen molar-refractivity contribution in [2.24, 2.45) is 5.16 Å². The highest BCUT2D eigenvalue weighted by Gasteiger charge is 2.54. The lowest BCUT2D eigenvalue weighted by atomic mass is 10.0. The molecule has 4 N–H and O–H groups in total. The highest BCUT2D eigenvalue weighted by molar-refractivity contribution is 8.01. The molecule has 2 atom stereocenters. The number of fused-ring (bicyclic) bond motifs is 1. The fraction of sp³-hybridized carbons (Fsp3) is 0.222. The minimum absolute atomic E-state index is 0.0251. The van der Waals surface area contributed by atoms with E-state index in [1.165, 1.54) is 64.0 Å². The van der Waals surface area contributed by atoms with Crippen LogP contribution in [-0.2, 0) is 14.4 Å². The van der Waals surface area contributed by atoms with Crippen molar-refractivity contribution in [2.75, 3.05) is 11.5 Å². The molecule has 0 radical (unpaired) electrons. The van der Waals surface area contributed by atoms with Crippen molar-refractivity contribution in [3.63, 3.8) is 0 Å². The first kappa shape index (κ1) is 22.1. The highest BCUT2D eigenvalue weighted by Crippen LogP contribution is 2.41. The molecule has 4 rings (SSSR count). The number of amides is 2. The summed E-state index contributed by atoms with van der Waals surface area (Å²) in [6.07, 6.45) is 0. The Hall–Kier alpha value is -3.10. The van der Waals surface area contributed by atoms with Gasteiger partial charge in [0.15, 0.2) is 10.1 Å². The zero-order valence-corrected chi connectivity index (χ0v) is 18.5. The number of hydrogen-bond acceptors (Lipinski definition) is 11. The molecule has 11 nitrogen and oxygen atoms in total. The summed E-state index contributed by atoms with van der Waals surface area (Å²) < 4.78 is 0.694. The molecule has 2 aromatic rings. The average Bonchev–Trinajstić information content (AvgIpc) is 3.30. The van der Waals surface area contributed by atoms with Gasteiger partial charge >= 0.3 is 5.97 Å². The lowest BCUT2D eigenvalue weighted by Crippen LogP contribution is -2.71. The maximum atomic E-state index is 12.8. The Morgan fingerprint density at radius 3 is 2.69 bits per heavy atom. The zero-order chi connectivity index (χ0) is 22.8. The molecule has 0 saturated carbocycles. The SMILES string of the molecule is O=C(O)C1=C(CSc2nncs2)CS[C@H]2C(NC(=O)C(=NO)c3ccc(O)cc3)C(=O)N12. The summed E-state index contributed by atoms with van der Waals surface area (Å²) >= 11 is 4.02. The van der Waals surface area contributed by atoms with E-state index in [9.17, 15) is 29.8 Å². The normalized spacial score (nSPS) is 20.6. The number of β-lactam (4-membered cyclic amide) rings is 1. The molecule has 2 aliphatic heterocycles. The summed E-state index contributed by atoms with van der Waals surface area (Å²) in [4.78, 5) is 38.4. The van der Waals surface area contributed by atoms with E-state index >= 15 is 0 Å². The first-order valence-corrected chi connectivity index (χ1v) is 11.9. The molecule has 0 aliphatic carbocycles. The number of carboxylic acids is 1. The third-order valence-electron chi connectivity index (χ3n) is 4.70. The van der Waals surface area contributed by atoms with Gasteiger partial charge in [0.05, 0.1) is 0 Å². The van der Waals surface area contributed by atoms with Crippen LogP contribution in [0.4, 0.5) is 0 Å². The molecule has 32 heavy (non-hydrogen) atoms. The van der Waals surface area contributed by atoms with Gasteiger partial charge in [-0.2, -0.15) is 0 Å².